The number of nitrogens with zero attached hydrogens (tertiary/aromatic N) is 2. The summed E-state index contributed by atoms with van der Waals surface area (Å²) in [6.45, 7) is 1.99. The SMILES string of the molecule is Cc1cccc(-c2nc(Cl)c3cc(Br)c(F)cc3n2)c1. The molecule has 2 nitrogen and oxygen atoms in total. The molecule has 0 aliphatic heterocycles. The Kier molecular flexibility index (Phi) is 3.44. The molecule has 0 unspecified atom stereocenters. The van der Waals surface area contributed by atoms with Crippen LogP contribution in [-0.2, 0) is 0 Å². The van der Waals surface area contributed by atoms with Crippen molar-refractivity contribution in [1.82, 2.24) is 9.97 Å². The molecule has 0 N–H and O–H groups in total. The van der Waals surface area contributed by atoms with Crippen molar-refractivity contribution >= 4 is 38.4 Å². The minimum absolute atomic E-state index is 0.312. The van der Waals surface area contributed by atoms with Gasteiger partial charge in [0.15, 0.2) is 5.82 Å². The first kappa shape index (κ1) is 13.5. The van der Waals surface area contributed by atoms with Crippen molar-refractivity contribution < 1.29 is 4.39 Å². The lowest BCUT2D eigenvalue weighted by molar-refractivity contribution is 0.623. The molecule has 2 aromatic carbocycles. The minimum atomic E-state index is -0.373. The van der Waals surface area contributed by atoms with E-state index in [2.05, 4.69) is 25.9 Å². The summed E-state index contributed by atoms with van der Waals surface area (Å²) >= 11 is 9.32. The Hall–Kier alpha value is -1.52. The summed E-state index contributed by atoms with van der Waals surface area (Å²) in [7, 11) is 0. The van der Waals surface area contributed by atoms with E-state index in [9.17, 15) is 4.39 Å². The van der Waals surface area contributed by atoms with E-state index in [4.69, 9.17) is 11.6 Å². The maximum Gasteiger partial charge on any atom is 0.161 e. The smallest absolute Gasteiger partial charge is 0.161 e. The Bertz CT molecular complexity index is 820. The van der Waals surface area contributed by atoms with E-state index < -0.39 is 0 Å². The third-order valence-electron chi connectivity index (χ3n) is 2.97. The number of hydrogen-bond acceptors (Lipinski definition) is 2. The maximum absolute atomic E-state index is 13.6. The van der Waals surface area contributed by atoms with Gasteiger partial charge in [-0.2, -0.15) is 0 Å². The van der Waals surface area contributed by atoms with Crippen molar-refractivity contribution in [2.75, 3.05) is 0 Å². The highest BCUT2D eigenvalue weighted by molar-refractivity contribution is 9.10. The molecule has 20 heavy (non-hydrogen) atoms. The van der Waals surface area contributed by atoms with Crippen molar-refractivity contribution in [1.29, 1.82) is 0 Å². The average Bonchev–Trinajstić information content (AvgIpc) is 2.41. The van der Waals surface area contributed by atoms with Crippen LogP contribution in [0.1, 0.15) is 5.56 Å². The van der Waals surface area contributed by atoms with Crippen LogP contribution in [0.4, 0.5) is 4.39 Å². The predicted octanol–water partition coefficient (Wildman–Crippen LogP) is 5.16. The molecule has 0 bridgehead atoms. The molecule has 0 atom stereocenters. The van der Waals surface area contributed by atoms with Gasteiger partial charge in [0.1, 0.15) is 11.0 Å². The maximum atomic E-state index is 13.6. The summed E-state index contributed by atoms with van der Waals surface area (Å²) in [5.74, 6) is 0.121. The fourth-order valence-electron chi connectivity index (χ4n) is 2.00. The van der Waals surface area contributed by atoms with E-state index in [0.29, 0.717) is 26.4 Å². The standard InChI is InChI=1S/C15H9BrClFN2/c1-8-3-2-4-9(5-8)15-19-13-7-12(18)11(16)6-10(13)14(17)20-15/h2-7H,1H3. The minimum Gasteiger partial charge on any atom is -0.228 e. The Balaban J connectivity index is 2.26. The predicted molar refractivity (Wildman–Crippen MR) is 82.4 cm³/mol. The molecule has 0 spiro atoms. The first-order chi connectivity index (χ1) is 9.54. The van der Waals surface area contributed by atoms with Gasteiger partial charge in [0.2, 0.25) is 0 Å². The van der Waals surface area contributed by atoms with Crippen LogP contribution in [0.15, 0.2) is 40.9 Å². The fraction of sp³-hybridized carbons (Fsp3) is 0.0667. The Morgan fingerprint density at radius 1 is 1.15 bits per heavy atom. The first-order valence-electron chi connectivity index (χ1n) is 5.94. The van der Waals surface area contributed by atoms with E-state index >= 15 is 0 Å². The molecule has 1 aromatic heterocycles. The van der Waals surface area contributed by atoms with Gasteiger partial charge < -0.3 is 0 Å². The third kappa shape index (κ3) is 2.41. The second-order valence-electron chi connectivity index (χ2n) is 4.49. The fourth-order valence-corrected chi connectivity index (χ4v) is 2.57. The number of rotatable bonds is 1. The van der Waals surface area contributed by atoms with Crippen molar-refractivity contribution in [2.24, 2.45) is 0 Å². The largest absolute Gasteiger partial charge is 0.228 e. The molecule has 0 saturated carbocycles. The molecule has 0 aliphatic rings. The van der Waals surface area contributed by atoms with Crippen LogP contribution in [0, 0.1) is 12.7 Å². The molecule has 1 heterocycles. The van der Waals surface area contributed by atoms with E-state index in [0.717, 1.165) is 11.1 Å². The van der Waals surface area contributed by atoms with E-state index in [-0.39, 0.29) is 5.82 Å². The Morgan fingerprint density at radius 2 is 1.95 bits per heavy atom. The van der Waals surface area contributed by atoms with Crippen molar-refractivity contribution in [3.05, 3.63) is 57.4 Å². The topological polar surface area (TPSA) is 25.8 Å². The monoisotopic (exact) mass is 350 g/mol. The van der Waals surface area contributed by atoms with E-state index in [1.165, 1.54) is 6.07 Å². The van der Waals surface area contributed by atoms with Gasteiger partial charge in [-0.05, 0) is 35.0 Å². The quantitative estimate of drug-likeness (QED) is 0.566. The van der Waals surface area contributed by atoms with Crippen LogP contribution >= 0.6 is 27.5 Å². The van der Waals surface area contributed by atoms with Gasteiger partial charge in [0, 0.05) is 17.0 Å². The van der Waals surface area contributed by atoms with Crippen LogP contribution in [0.2, 0.25) is 5.15 Å². The van der Waals surface area contributed by atoms with Crippen LogP contribution in [0.3, 0.4) is 0 Å². The lowest BCUT2D eigenvalue weighted by Gasteiger charge is -2.06. The van der Waals surface area contributed by atoms with Gasteiger partial charge in [0.05, 0.1) is 9.99 Å². The van der Waals surface area contributed by atoms with E-state index in [1.54, 1.807) is 6.07 Å². The molecule has 0 radical (unpaired) electrons. The van der Waals surface area contributed by atoms with Gasteiger partial charge in [0.25, 0.3) is 0 Å². The second kappa shape index (κ2) is 5.11. The first-order valence-corrected chi connectivity index (χ1v) is 7.11. The molecular formula is C15H9BrClFN2. The molecule has 3 rings (SSSR count). The van der Waals surface area contributed by atoms with Crippen LogP contribution < -0.4 is 0 Å². The number of hydrogen-bond donors (Lipinski definition) is 0. The third-order valence-corrected chi connectivity index (χ3v) is 3.86. The highest BCUT2D eigenvalue weighted by Gasteiger charge is 2.11. The Labute approximate surface area is 128 Å². The van der Waals surface area contributed by atoms with Gasteiger partial charge in [-0.25, -0.2) is 14.4 Å². The summed E-state index contributed by atoms with van der Waals surface area (Å²) in [6, 6.07) is 10.7. The highest BCUT2D eigenvalue weighted by Crippen LogP contribution is 2.29. The van der Waals surface area contributed by atoms with Crippen LogP contribution in [-0.4, -0.2) is 9.97 Å². The summed E-state index contributed by atoms with van der Waals surface area (Å²) in [6.07, 6.45) is 0. The summed E-state index contributed by atoms with van der Waals surface area (Å²) in [5.41, 5.74) is 2.45. The zero-order valence-corrected chi connectivity index (χ0v) is 12.8. The normalized spacial score (nSPS) is 11.0. The van der Waals surface area contributed by atoms with Crippen molar-refractivity contribution in [3.63, 3.8) is 0 Å². The van der Waals surface area contributed by atoms with Crippen LogP contribution in [0.5, 0.6) is 0 Å². The van der Waals surface area contributed by atoms with Crippen molar-refractivity contribution in [3.8, 4) is 11.4 Å². The van der Waals surface area contributed by atoms with Gasteiger partial charge >= 0.3 is 0 Å². The summed E-state index contributed by atoms with van der Waals surface area (Å²) in [5, 5.41) is 0.934. The van der Waals surface area contributed by atoms with E-state index in [1.807, 2.05) is 31.2 Å². The number of benzene rings is 2. The number of fused-ring (bicyclic) bond motifs is 1. The summed E-state index contributed by atoms with van der Waals surface area (Å²) < 4.78 is 14.0. The zero-order chi connectivity index (χ0) is 14.3. The number of halogens is 3. The average molecular weight is 352 g/mol. The molecule has 0 aliphatic carbocycles. The second-order valence-corrected chi connectivity index (χ2v) is 5.70. The molecular weight excluding hydrogens is 343 g/mol. The lowest BCUT2D eigenvalue weighted by Crippen LogP contribution is -1.93. The lowest BCUT2D eigenvalue weighted by atomic mass is 10.1. The molecule has 3 aromatic rings. The number of aromatic nitrogens is 2. The zero-order valence-electron chi connectivity index (χ0n) is 10.5. The van der Waals surface area contributed by atoms with Gasteiger partial charge in [-0.3, -0.25) is 0 Å². The van der Waals surface area contributed by atoms with Crippen LogP contribution in [0.25, 0.3) is 22.3 Å². The molecule has 0 fully saturated rings. The van der Waals surface area contributed by atoms with Gasteiger partial charge in [-0.15, -0.1) is 0 Å². The molecule has 100 valence electrons. The molecule has 0 amide bonds. The highest BCUT2D eigenvalue weighted by atomic mass is 79.9. The molecule has 5 heteroatoms. The molecule has 0 saturated heterocycles. The Morgan fingerprint density at radius 3 is 2.70 bits per heavy atom. The number of aryl methyl sites for hydroxylation is 1. The van der Waals surface area contributed by atoms with Crippen molar-refractivity contribution in [2.45, 2.75) is 6.92 Å². The summed E-state index contributed by atoms with van der Waals surface area (Å²) in [4.78, 5) is 8.69. The van der Waals surface area contributed by atoms with Gasteiger partial charge in [-0.1, -0.05) is 35.4 Å².